The summed E-state index contributed by atoms with van der Waals surface area (Å²) < 4.78 is 58.0. The summed E-state index contributed by atoms with van der Waals surface area (Å²) in [4.78, 5) is 252. The van der Waals surface area contributed by atoms with Crippen LogP contribution in [0.25, 0.3) is 0 Å². The van der Waals surface area contributed by atoms with Crippen molar-refractivity contribution in [1.29, 1.82) is 0 Å². The van der Waals surface area contributed by atoms with E-state index in [0.717, 1.165) is 12.6 Å². The third kappa shape index (κ3) is 34.9. The fourth-order valence-corrected chi connectivity index (χ4v) is 14.0. The van der Waals surface area contributed by atoms with Gasteiger partial charge in [-0.05, 0) is 141 Å². The molecule has 20 N–H and O–H groups in total. The molecule has 0 spiro atoms. The molecule has 690 valence electrons. The number of hydrogen-bond donors (Lipinski definition) is 20. The van der Waals surface area contributed by atoms with Gasteiger partial charge in [-0.1, -0.05) is 64.5 Å². The zero-order valence-corrected chi connectivity index (χ0v) is 70.7. The summed E-state index contributed by atoms with van der Waals surface area (Å²) in [6.07, 6.45) is -2.64. The van der Waals surface area contributed by atoms with E-state index in [4.69, 9.17) is 0 Å². The largest absolute Gasteiger partial charge is 0.768 e. The van der Waals surface area contributed by atoms with Gasteiger partial charge in [-0.25, -0.2) is 0 Å². The van der Waals surface area contributed by atoms with E-state index < -0.39 is 315 Å². The van der Waals surface area contributed by atoms with Crippen LogP contribution in [0.5, 0.6) is 0 Å². The molecule has 0 radical (unpaired) electrons. The van der Waals surface area contributed by atoms with E-state index in [1.54, 1.807) is 48.6 Å². The summed E-state index contributed by atoms with van der Waals surface area (Å²) >= 11 is -2.43. The van der Waals surface area contributed by atoms with Crippen molar-refractivity contribution in [1.82, 2.24) is 53.2 Å². The summed E-state index contributed by atoms with van der Waals surface area (Å²) in [7, 11) is -3.52. The molecule has 45 nitrogen and oxygen atoms in total. The first-order chi connectivity index (χ1) is 59.0. The molecule has 1 unspecified atom stereocenters. The Morgan fingerprint density at radius 1 is 0.405 bits per heavy atom. The third-order valence-electron chi connectivity index (χ3n) is 19.9. The minimum absolute atomic E-state index is 0.132. The number of aliphatic imine (C=N–C) groups is 1. The third-order valence-corrected chi connectivity index (χ3v) is 21.4. The molecule has 2 aromatic rings. The number of likely N-dealkylation sites (N-methyl/N-ethyl adjacent to an activating group) is 1. The smallest absolute Gasteiger partial charge is 0.303 e. The van der Waals surface area contributed by atoms with Crippen molar-refractivity contribution < 1.29 is 159 Å². The van der Waals surface area contributed by atoms with E-state index in [1.807, 2.05) is 38.7 Å². The van der Waals surface area contributed by atoms with Gasteiger partial charge in [0.1, 0.15) is 54.4 Å². The van der Waals surface area contributed by atoms with Crippen LogP contribution in [0, 0.1) is 0 Å². The molecular formula is C79H103N12O33S2-. The molecule has 2 aromatic carbocycles. The first kappa shape index (κ1) is 105. The van der Waals surface area contributed by atoms with E-state index in [2.05, 4.69) is 58.2 Å². The number of carbonyl (C=O) groups is 19. The topological polar surface area (TPSA) is 737 Å². The van der Waals surface area contributed by atoms with E-state index in [0.29, 0.717) is 41.2 Å². The second-order valence-corrected chi connectivity index (χ2v) is 32.4. The number of carboxylic acids is 9. The quantitative estimate of drug-likeness (QED) is 0.0184. The van der Waals surface area contributed by atoms with Gasteiger partial charge in [0.25, 0.3) is 10.1 Å². The number of carboxylic acid groups (broad SMARTS) is 9. The maximum absolute atomic E-state index is 14.3. The Bertz CT molecular complexity index is 4750. The number of aliphatic carboxylic acids is 9. The standard InChI is InChI=1S/C79H104N12O33S2/c1-78(2)44-40-42(125(120)121)17-19-46(44)81-57(78)14-10-7-6-8-11-15-58-79(3,4)45-41-43(126(122,123)124)18-29-56(45)91(58)39-13-9-12-16-59(92)82-48(21-31-61(95)96)70(112)84-50(23-33-63(99)100)72(114)86-52(25-35-65(103)104)74(116)88-54(27-37-67(107)108)76(118)90-55(28-38-68(109)110)77(119)89-53(26-36-66(105)106)75(117)87-51(24-34-64(101)102)73(115)85-49(22-32-62(97)98)71(113)83-47(69(111)80-5)20-30-60(93)94/h6-8,10-11,14-15,17-19,29,40-41,47-55H,9,12-13,16,20-28,30-39H2,1-5H3,(H,80,111)(H,82,92)(H,83,113)(H,84,112)(H,85,115)(H,86,114)(H,87,117)(H,88,116)(H,89,119)(H,90,118)(H,93,94)(H,95,96)(H,97,98)(H,99,100)(H,101,102)(H,103,104)(H,105,106)(H,107,108)(H,109,110)(H,120,121)(H,122,123,124)/p-1/b7-6+,11-8+,14-10+,58-15+/t47-,48-,49-,50-,51-,52-,53-,54-,55-/m1/s1. The average molecular weight is 1810 g/mol. The zero-order chi connectivity index (χ0) is 94.7. The van der Waals surface area contributed by atoms with Gasteiger partial charge in [-0.3, -0.25) is 105 Å². The lowest BCUT2D eigenvalue weighted by Gasteiger charge is -2.28. The summed E-state index contributed by atoms with van der Waals surface area (Å²) in [6.45, 7) is 7.80. The van der Waals surface area contributed by atoms with Crippen molar-refractivity contribution in [2.75, 3.05) is 18.5 Å². The number of anilines is 1. The highest BCUT2D eigenvalue weighted by molar-refractivity contribution is 7.85. The molecule has 0 aliphatic carbocycles. The highest BCUT2D eigenvalue weighted by Gasteiger charge is 2.42. The Morgan fingerprint density at radius 2 is 0.722 bits per heavy atom. The number of carbonyl (C=O) groups excluding carboxylic acids is 10. The van der Waals surface area contributed by atoms with Crippen molar-refractivity contribution in [3.63, 3.8) is 0 Å². The first-order valence-electron chi connectivity index (χ1n) is 39.3. The van der Waals surface area contributed by atoms with Crippen LogP contribution in [0.15, 0.2) is 99.4 Å². The Hall–Kier alpha value is -13.2. The summed E-state index contributed by atoms with van der Waals surface area (Å²) in [5.41, 5.74) is 2.47. The Kier molecular flexibility index (Phi) is 41.7. The maximum Gasteiger partial charge on any atom is 0.303 e. The van der Waals surface area contributed by atoms with Gasteiger partial charge in [0, 0.05) is 105 Å². The summed E-state index contributed by atoms with van der Waals surface area (Å²) in [6, 6.07) is -9.21. The minimum Gasteiger partial charge on any atom is -0.768 e. The van der Waals surface area contributed by atoms with Gasteiger partial charge in [-0.15, -0.1) is 0 Å². The van der Waals surface area contributed by atoms with Crippen LogP contribution in [0.2, 0.25) is 0 Å². The van der Waals surface area contributed by atoms with E-state index >= 15 is 0 Å². The lowest BCUT2D eigenvalue weighted by Crippen LogP contribution is -2.60. The second kappa shape index (κ2) is 49.9. The van der Waals surface area contributed by atoms with Gasteiger partial charge in [0.15, 0.2) is 0 Å². The van der Waals surface area contributed by atoms with E-state index in [1.165, 1.54) is 24.3 Å². The summed E-state index contributed by atoms with van der Waals surface area (Å²) in [5, 5.41) is 108. The number of benzene rings is 2. The normalized spacial score (nSPS) is 15.8. The number of unbranched alkanes of at least 4 members (excludes halogenated alkanes) is 2. The molecule has 0 saturated carbocycles. The lowest BCUT2D eigenvalue weighted by molar-refractivity contribution is -0.141. The molecule has 2 aliphatic heterocycles. The number of fused-ring (bicyclic) bond motifs is 2. The van der Waals surface area contributed by atoms with Crippen LogP contribution in [-0.4, -0.2) is 254 Å². The predicted molar refractivity (Wildman–Crippen MR) is 438 cm³/mol. The molecule has 47 heteroatoms. The molecule has 0 bridgehead atoms. The van der Waals surface area contributed by atoms with Crippen LogP contribution in [-0.2, 0) is 123 Å². The molecule has 0 aromatic heterocycles. The number of rotatable bonds is 57. The van der Waals surface area contributed by atoms with Crippen LogP contribution in [0.1, 0.15) is 180 Å². The zero-order valence-electron chi connectivity index (χ0n) is 69.0. The van der Waals surface area contributed by atoms with Crippen molar-refractivity contribution in [2.24, 2.45) is 4.99 Å². The Labute approximate surface area is 723 Å². The van der Waals surface area contributed by atoms with Gasteiger partial charge in [0.05, 0.1) is 16.3 Å². The molecule has 2 aliphatic rings. The molecule has 10 amide bonds. The molecule has 2 heterocycles. The highest BCUT2D eigenvalue weighted by atomic mass is 32.2. The minimum atomic E-state index is -4.64. The molecule has 0 saturated heterocycles. The van der Waals surface area contributed by atoms with Crippen LogP contribution < -0.4 is 58.1 Å². The highest BCUT2D eigenvalue weighted by Crippen LogP contribution is 2.49. The molecule has 0 fully saturated rings. The van der Waals surface area contributed by atoms with Gasteiger partial charge < -0.3 is 109 Å². The number of nitrogens with one attached hydrogen (secondary N) is 10. The number of amides is 10. The fourth-order valence-electron chi connectivity index (χ4n) is 13.1. The van der Waals surface area contributed by atoms with Crippen LogP contribution in [0.4, 0.5) is 11.4 Å². The van der Waals surface area contributed by atoms with Crippen molar-refractivity contribution in [3.05, 3.63) is 95.8 Å². The number of nitrogens with zero attached hydrogens (tertiary/aromatic N) is 2. The molecule has 126 heavy (non-hydrogen) atoms. The average Bonchev–Trinajstić information content (AvgIpc) is 1.59. The SMILES string of the molecule is CNC(=O)[C@@H](CCC(=O)O)NC(=O)[C@@H](CCC(=O)O)NC(=O)[C@@H](CCC(=O)O)NC(=O)[C@@H](CCC(=O)O)NC(=O)[C@@H](CCC(=O)O)NC(=O)[C@@H](CCC(=O)O)NC(=O)[C@@H](CCC(=O)O)NC(=O)[C@@H](CCC(=O)O)NC(=O)[C@@H](CCC(=O)O)NC(=O)CCCCCN1/C(=C/C=C/C=C/C=C/C2=Nc3ccc(S(=O)[O-])cc3C2(C)C)C(C)(C)c2cc(S(=O)(=O)O)ccc21. The summed E-state index contributed by atoms with van der Waals surface area (Å²) in [5.74, 6) is -27.4. The fraction of sp³-hybridized carbons (Fsp3) is 0.494. The molecule has 4 rings (SSSR count). The number of allylic oxidation sites excluding steroid dienone is 8. The van der Waals surface area contributed by atoms with Gasteiger partial charge in [0.2, 0.25) is 59.1 Å². The van der Waals surface area contributed by atoms with Crippen molar-refractivity contribution >= 4 is 151 Å². The maximum atomic E-state index is 14.3. The van der Waals surface area contributed by atoms with Gasteiger partial charge >= 0.3 is 53.7 Å². The predicted octanol–water partition coefficient (Wildman–Crippen LogP) is 0.338. The Morgan fingerprint density at radius 3 is 1.04 bits per heavy atom. The lowest BCUT2D eigenvalue weighted by atomic mass is 9.81. The van der Waals surface area contributed by atoms with Crippen molar-refractivity contribution in [2.45, 2.75) is 244 Å². The monoisotopic (exact) mass is 1810 g/mol. The molecular weight excluding hydrogens is 1710 g/mol. The van der Waals surface area contributed by atoms with E-state index in [-0.39, 0.29) is 29.2 Å². The second-order valence-electron chi connectivity index (χ2n) is 30.1. The molecule has 10 atom stereocenters. The Balaban J connectivity index is 1.56. The van der Waals surface area contributed by atoms with Crippen molar-refractivity contribution in [3.8, 4) is 0 Å². The van der Waals surface area contributed by atoms with Crippen LogP contribution in [0.3, 0.4) is 0 Å². The van der Waals surface area contributed by atoms with Crippen LogP contribution >= 0.6 is 0 Å². The first-order valence-corrected chi connectivity index (χ1v) is 41.8. The van der Waals surface area contributed by atoms with E-state index in [9.17, 15) is 159 Å². The van der Waals surface area contributed by atoms with Gasteiger partial charge in [-0.2, -0.15) is 8.42 Å². The number of hydrogen-bond acceptors (Lipinski definition) is 25.